The minimum absolute atomic E-state index is 0.0115. The molecular formula is C22H23ClN4O6S. The number of carboxylic acids is 1. The van der Waals surface area contributed by atoms with E-state index in [4.69, 9.17) is 21.4 Å². The number of nitrogens with one attached hydrogen (secondary N) is 2. The van der Waals surface area contributed by atoms with Crippen LogP contribution < -0.4 is 14.8 Å². The SMILES string of the molecule is Cn1nc(C(=O)O)cc1Oc1ccc(NC(=O)c2ccccc2Cl)cc1S(=O)(=O)NC(C)(C)C. The number of sulfonamides is 1. The molecule has 3 aromatic rings. The first-order valence-electron chi connectivity index (χ1n) is 9.96. The van der Waals surface area contributed by atoms with Crippen LogP contribution in [0.5, 0.6) is 11.6 Å². The second kappa shape index (κ2) is 9.45. The van der Waals surface area contributed by atoms with E-state index in [0.717, 1.165) is 0 Å². The molecule has 0 aliphatic heterocycles. The second-order valence-corrected chi connectivity index (χ2v) is 10.4. The fourth-order valence-electron chi connectivity index (χ4n) is 2.94. The first-order valence-corrected chi connectivity index (χ1v) is 11.8. The molecule has 2 aromatic carbocycles. The first-order chi connectivity index (χ1) is 15.8. The summed E-state index contributed by atoms with van der Waals surface area (Å²) in [4.78, 5) is 23.6. The standard InChI is InChI=1S/C22H23ClN4O6S/c1-22(2,3)26-34(31,32)18-11-13(24-20(28)14-7-5-6-8-15(14)23)9-10-17(18)33-19-12-16(21(29)30)25-27(19)4/h5-12,26H,1-4H3,(H,24,28)(H,29,30). The molecule has 0 aliphatic rings. The van der Waals surface area contributed by atoms with Crippen LogP contribution >= 0.6 is 11.6 Å². The van der Waals surface area contributed by atoms with Crippen LogP contribution in [0.25, 0.3) is 0 Å². The van der Waals surface area contributed by atoms with Crippen LogP contribution in [0.2, 0.25) is 5.02 Å². The summed E-state index contributed by atoms with van der Waals surface area (Å²) >= 11 is 6.08. The van der Waals surface area contributed by atoms with Gasteiger partial charge in [-0.15, -0.1) is 0 Å². The number of hydrogen-bond donors (Lipinski definition) is 3. The average molecular weight is 507 g/mol. The Hall–Kier alpha value is -3.41. The van der Waals surface area contributed by atoms with Crippen molar-refractivity contribution in [2.45, 2.75) is 31.2 Å². The number of aryl methyl sites for hydroxylation is 1. The Morgan fingerprint density at radius 3 is 2.38 bits per heavy atom. The number of nitrogens with zero attached hydrogens (tertiary/aromatic N) is 2. The first kappa shape index (κ1) is 25.2. The monoisotopic (exact) mass is 506 g/mol. The van der Waals surface area contributed by atoms with E-state index in [1.807, 2.05) is 0 Å². The molecule has 0 atom stereocenters. The van der Waals surface area contributed by atoms with Crippen LogP contribution in [0.15, 0.2) is 53.4 Å². The molecular weight excluding hydrogens is 484 g/mol. The van der Waals surface area contributed by atoms with E-state index < -0.39 is 27.4 Å². The molecule has 0 radical (unpaired) electrons. The zero-order valence-corrected chi connectivity index (χ0v) is 20.4. The van der Waals surface area contributed by atoms with Gasteiger partial charge in [-0.05, 0) is 51.1 Å². The molecule has 3 N–H and O–H groups in total. The van der Waals surface area contributed by atoms with Crippen LogP contribution in [-0.4, -0.2) is 40.7 Å². The number of carbonyl (C=O) groups is 2. The number of benzene rings is 2. The zero-order valence-electron chi connectivity index (χ0n) is 18.8. The van der Waals surface area contributed by atoms with Crippen LogP contribution in [0.1, 0.15) is 41.6 Å². The maximum Gasteiger partial charge on any atom is 0.356 e. The van der Waals surface area contributed by atoms with E-state index in [1.165, 1.54) is 42.1 Å². The normalized spacial score (nSPS) is 11.8. The molecule has 0 unspecified atom stereocenters. The fraction of sp³-hybridized carbons (Fsp3) is 0.227. The highest BCUT2D eigenvalue weighted by atomic mass is 35.5. The maximum absolute atomic E-state index is 13.2. The summed E-state index contributed by atoms with van der Waals surface area (Å²) in [6, 6.07) is 11.7. The van der Waals surface area contributed by atoms with Crippen molar-refractivity contribution in [3.63, 3.8) is 0 Å². The van der Waals surface area contributed by atoms with Crippen molar-refractivity contribution in [3.8, 4) is 11.6 Å². The predicted octanol–water partition coefficient (Wildman–Crippen LogP) is 3.89. The Kier molecular flexibility index (Phi) is 7.01. The average Bonchev–Trinajstić information content (AvgIpc) is 3.08. The third-order valence-corrected chi connectivity index (χ3v) is 6.43. The number of aromatic nitrogens is 2. The summed E-state index contributed by atoms with van der Waals surface area (Å²) in [6.07, 6.45) is 0. The Balaban J connectivity index is 2.03. The molecule has 12 heteroatoms. The van der Waals surface area contributed by atoms with Gasteiger partial charge >= 0.3 is 5.97 Å². The number of carbonyl (C=O) groups excluding carboxylic acids is 1. The molecule has 34 heavy (non-hydrogen) atoms. The van der Waals surface area contributed by atoms with Crippen LogP contribution in [0.3, 0.4) is 0 Å². The molecule has 0 bridgehead atoms. The fourth-order valence-corrected chi connectivity index (χ4v) is 4.74. The number of aromatic carboxylic acids is 1. The van der Waals surface area contributed by atoms with Gasteiger partial charge < -0.3 is 15.2 Å². The van der Waals surface area contributed by atoms with Crippen molar-refractivity contribution in [1.82, 2.24) is 14.5 Å². The van der Waals surface area contributed by atoms with Gasteiger partial charge in [0.25, 0.3) is 5.91 Å². The minimum Gasteiger partial charge on any atom is -0.476 e. The van der Waals surface area contributed by atoms with E-state index in [2.05, 4.69) is 15.1 Å². The molecule has 0 saturated carbocycles. The molecule has 0 spiro atoms. The molecule has 1 aromatic heterocycles. The lowest BCUT2D eigenvalue weighted by Gasteiger charge is -2.22. The van der Waals surface area contributed by atoms with Gasteiger partial charge in [0.2, 0.25) is 15.9 Å². The number of rotatable bonds is 7. The predicted molar refractivity (Wildman–Crippen MR) is 126 cm³/mol. The van der Waals surface area contributed by atoms with Gasteiger partial charge in [-0.3, -0.25) is 4.79 Å². The van der Waals surface area contributed by atoms with Gasteiger partial charge in [-0.1, -0.05) is 23.7 Å². The molecule has 0 saturated heterocycles. The van der Waals surface area contributed by atoms with E-state index >= 15 is 0 Å². The highest BCUT2D eigenvalue weighted by molar-refractivity contribution is 7.89. The Labute approximate surface area is 201 Å². The molecule has 10 nitrogen and oxygen atoms in total. The van der Waals surface area contributed by atoms with E-state index in [9.17, 15) is 18.0 Å². The molecule has 0 fully saturated rings. The molecule has 1 heterocycles. The molecule has 3 rings (SSSR count). The van der Waals surface area contributed by atoms with E-state index in [1.54, 1.807) is 39.0 Å². The molecule has 1 amide bonds. The van der Waals surface area contributed by atoms with Crippen LogP contribution in [0.4, 0.5) is 5.69 Å². The Morgan fingerprint density at radius 1 is 1.12 bits per heavy atom. The van der Waals surface area contributed by atoms with Crippen LogP contribution in [-0.2, 0) is 17.1 Å². The van der Waals surface area contributed by atoms with Gasteiger partial charge in [0.15, 0.2) is 5.69 Å². The molecule has 180 valence electrons. The summed E-state index contributed by atoms with van der Waals surface area (Å²) < 4.78 is 35.8. The highest BCUT2D eigenvalue weighted by Crippen LogP contribution is 2.32. The van der Waals surface area contributed by atoms with Gasteiger partial charge in [0.05, 0.1) is 10.6 Å². The van der Waals surface area contributed by atoms with Gasteiger partial charge in [0.1, 0.15) is 10.6 Å². The van der Waals surface area contributed by atoms with Crippen molar-refractivity contribution in [3.05, 3.63) is 64.8 Å². The summed E-state index contributed by atoms with van der Waals surface area (Å²) in [5.41, 5.74) is -0.672. The number of hydrogen-bond acceptors (Lipinski definition) is 6. The summed E-state index contributed by atoms with van der Waals surface area (Å²) in [5.74, 6) is -1.86. The lowest BCUT2D eigenvalue weighted by Crippen LogP contribution is -2.40. The van der Waals surface area contributed by atoms with Crippen molar-refractivity contribution in [2.24, 2.45) is 7.05 Å². The summed E-state index contributed by atoms with van der Waals surface area (Å²) in [7, 11) is -2.66. The summed E-state index contributed by atoms with van der Waals surface area (Å²) in [5, 5.41) is 15.8. The van der Waals surface area contributed by atoms with Crippen molar-refractivity contribution < 1.29 is 27.9 Å². The third kappa shape index (κ3) is 5.93. The number of ether oxygens (including phenoxy) is 1. The minimum atomic E-state index is -4.12. The van der Waals surface area contributed by atoms with E-state index in [-0.39, 0.29) is 38.5 Å². The molecule has 0 aliphatic carbocycles. The van der Waals surface area contributed by atoms with Crippen molar-refractivity contribution >= 4 is 39.2 Å². The lowest BCUT2D eigenvalue weighted by atomic mass is 10.1. The lowest BCUT2D eigenvalue weighted by molar-refractivity contribution is 0.0689. The van der Waals surface area contributed by atoms with Gasteiger partial charge in [-0.2, -0.15) is 5.10 Å². The highest BCUT2D eigenvalue weighted by Gasteiger charge is 2.27. The topological polar surface area (TPSA) is 140 Å². The summed E-state index contributed by atoms with van der Waals surface area (Å²) in [6.45, 7) is 5.02. The zero-order chi connectivity index (χ0) is 25.3. The van der Waals surface area contributed by atoms with E-state index in [0.29, 0.717) is 0 Å². The van der Waals surface area contributed by atoms with Crippen molar-refractivity contribution in [1.29, 1.82) is 0 Å². The Bertz CT molecular complexity index is 1360. The largest absolute Gasteiger partial charge is 0.476 e. The third-order valence-electron chi connectivity index (χ3n) is 4.32. The maximum atomic E-state index is 13.2. The van der Waals surface area contributed by atoms with Gasteiger partial charge in [0, 0.05) is 24.3 Å². The second-order valence-electron chi connectivity index (χ2n) is 8.35. The smallest absolute Gasteiger partial charge is 0.356 e. The number of amides is 1. The quantitative estimate of drug-likeness (QED) is 0.441. The Morgan fingerprint density at radius 2 is 1.79 bits per heavy atom. The number of halogens is 1. The number of carboxylic acid groups (broad SMARTS) is 1. The van der Waals surface area contributed by atoms with Crippen LogP contribution in [0, 0.1) is 0 Å². The van der Waals surface area contributed by atoms with Crippen molar-refractivity contribution in [2.75, 3.05) is 5.32 Å². The number of anilines is 1. The van der Waals surface area contributed by atoms with Gasteiger partial charge in [-0.25, -0.2) is 22.6 Å².